The van der Waals surface area contributed by atoms with Gasteiger partial charge in [-0.3, -0.25) is 4.79 Å². The summed E-state index contributed by atoms with van der Waals surface area (Å²) in [6, 6.07) is 1.75. The lowest BCUT2D eigenvalue weighted by molar-refractivity contribution is -0.131. The predicted molar refractivity (Wildman–Crippen MR) is 86.6 cm³/mol. The molecule has 0 spiro atoms. The lowest BCUT2D eigenvalue weighted by atomic mass is 10.1. The van der Waals surface area contributed by atoms with Gasteiger partial charge in [0.1, 0.15) is 0 Å². The minimum Gasteiger partial charge on any atom is -0.478 e. The molecule has 1 aromatic rings. The Hall–Kier alpha value is -1.62. The Labute approximate surface area is 130 Å². The molecule has 0 bridgehead atoms. The number of carboxylic acid groups (broad SMARTS) is 1. The molecular weight excluding hydrogens is 286 g/mol. The first-order valence-electron chi connectivity index (χ1n) is 7.08. The van der Waals surface area contributed by atoms with Crippen molar-refractivity contribution >= 4 is 29.3 Å². The molecule has 0 aliphatic heterocycles. The topological polar surface area (TPSA) is 57.6 Å². The standard InChI is InChI=1S/C16H23NO3S/c1-11(2)8-17(9-12(3)4)16(20)13-7-14(21-10-13)5-6-15(18)19/h5-7,10-12H,8-9H2,1-4H3,(H,18,19). The summed E-state index contributed by atoms with van der Waals surface area (Å²) in [7, 11) is 0. The summed E-state index contributed by atoms with van der Waals surface area (Å²) in [5, 5.41) is 10.4. The van der Waals surface area contributed by atoms with Gasteiger partial charge in [-0.05, 0) is 24.0 Å². The average Bonchev–Trinajstić information content (AvgIpc) is 2.82. The van der Waals surface area contributed by atoms with E-state index in [1.54, 1.807) is 11.4 Å². The van der Waals surface area contributed by atoms with Crippen molar-refractivity contribution in [3.05, 3.63) is 28.0 Å². The van der Waals surface area contributed by atoms with Crippen LogP contribution in [0.2, 0.25) is 0 Å². The van der Waals surface area contributed by atoms with Crippen molar-refractivity contribution in [2.75, 3.05) is 13.1 Å². The number of carboxylic acids is 1. The summed E-state index contributed by atoms with van der Waals surface area (Å²) >= 11 is 1.38. The highest BCUT2D eigenvalue weighted by molar-refractivity contribution is 7.11. The highest BCUT2D eigenvalue weighted by Crippen LogP contribution is 2.19. The summed E-state index contributed by atoms with van der Waals surface area (Å²) < 4.78 is 0. The summed E-state index contributed by atoms with van der Waals surface area (Å²) in [5.74, 6) is -0.142. The second kappa shape index (κ2) is 7.98. The molecule has 1 heterocycles. The SMILES string of the molecule is CC(C)CN(CC(C)C)C(=O)c1csc(C=CC(=O)O)c1. The number of hydrogen-bond acceptors (Lipinski definition) is 3. The van der Waals surface area contributed by atoms with Gasteiger partial charge in [-0.1, -0.05) is 27.7 Å². The van der Waals surface area contributed by atoms with E-state index in [-0.39, 0.29) is 5.91 Å². The van der Waals surface area contributed by atoms with Crippen molar-refractivity contribution in [3.63, 3.8) is 0 Å². The maximum absolute atomic E-state index is 12.6. The van der Waals surface area contributed by atoms with Gasteiger partial charge >= 0.3 is 5.97 Å². The van der Waals surface area contributed by atoms with E-state index in [0.29, 0.717) is 17.4 Å². The van der Waals surface area contributed by atoms with Crippen molar-refractivity contribution < 1.29 is 14.7 Å². The Kier molecular flexibility index (Phi) is 6.62. The summed E-state index contributed by atoms with van der Waals surface area (Å²) in [6.07, 6.45) is 2.60. The number of carbonyl (C=O) groups excluding carboxylic acids is 1. The highest BCUT2D eigenvalue weighted by atomic mass is 32.1. The molecule has 0 aromatic carbocycles. The van der Waals surface area contributed by atoms with Gasteiger partial charge < -0.3 is 10.0 Å². The van der Waals surface area contributed by atoms with Gasteiger partial charge in [-0.15, -0.1) is 11.3 Å². The van der Waals surface area contributed by atoms with Crippen LogP contribution in [0.4, 0.5) is 0 Å². The normalized spacial score (nSPS) is 11.5. The van der Waals surface area contributed by atoms with Crippen LogP contribution in [0.3, 0.4) is 0 Å². The molecule has 1 rings (SSSR count). The fraction of sp³-hybridized carbons (Fsp3) is 0.500. The first-order valence-corrected chi connectivity index (χ1v) is 7.96. The maximum Gasteiger partial charge on any atom is 0.328 e. The van der Waals surface area contributed by atoms with E-state index in [9.17, 15) is 9.59 Å². The molecule has 21 heavy (non-hydrogen) atoms. The smallest absolute Gasteiger partial charge is 0.328 e. The molecule has 116 valence electrons. The van der Waals surface area contributed by atoms with Crippen LogP contribution in [-0.4, -0.2) is 35.0 Å². The number of hydrogen-bond donors (Lipinski definition) is 1. The number of nitrogens with zero attached hydrogens (tertiary/aromatic N) is 1. The third-order valence-electron chi connectivity index (χ3n) is 2.72. The average molecular weight is 309 g/mol. The molecule has 0 aliphatic carbocycles. The zero-order chi connectivity index (χ0) is 16.0. The van der Waals surface area contributed by atoms with Crippen LogP contribution in [-0.2, 0) is 4.79 Å². The Morgan fingerprint density at radius 2 is 1.81 bits per heavy atom. The molecular formula is C16H23NO3S. The van der Waals surface area contributed by atoms with E-state index in [1.165, 1.54) is 17.4 Å². The summed E-state index contributed by atoms with van der Waals surface area (Å²) in [5.41, 5.74) is 0.631. The minimum atomic E-state index is -0.988. The van der Waals surface area contributed by atoms with Crippen molar-refractivity contribution in [2.24, 2.45) is 11.8 Å². The van der Waals surface area contributed by atoms with E-state index >= 15 is 0 Å². The van der Waals surface area contributed by atoms with Crippen LogP contribution in [0.1, 0.15) is 42.9 Å². The molecule has 1 amide bonds. The maximum atomic E-state index is 12.6. The van der Waals surface area contributed by atoms with Crippen LogP contribution in [0.15, 0.2) is 17.5 Å². The first kappa shape index (κ1) is 17.4. The number of carbonyl (C=O) groups is 2. The van der Waals surface area contributed by atoms with Crippen LogP contribution in [0, 0.1) is 11.8 Å². The summed E-state index contributed by atoms with van der Waals surface area (Å²) in [4.78, 5) is 25.7. The van der Waals surface area contributed by atoms with Crippen molar-refractivity contribution in [1.82, 2.24) is 4.90 Å². The Balaban J connectivity index is 2.85. The largest absolute Gasteiger partial charge is 0.478 e. The second-order valence-electron chi connectivity index (χ2n) is 5.91. The molecule has 1 aromatic heterocycles. The van der Waals surface area contributed by atoms with E-state index in [4.69, 9.17) is 5.11 Å². The molecule has 0 unspecified atom stereocenters. The fourth-order valence-corrected chi connectivity index (χ4v) is 2.78. The zero-order valence-electron chi connectivity index (χ0n) is 13.0. The monoisotopic (exact) mass is 309 g/mol. The fourth-order valence-electron chi connectivity index (χ4n) is 2.01. The molecule has 0 aliphatic rings. The number of thiophene rings is 1. The zero-order valence-corrected chi connectivity index (χ0v) is 13.8. The van der Waals surface area contributed by atoms with Crippen molar-refractivity contribution in [2.45, 2.75) is 27.7 Å². The molecule has 0 radical (unpaired) electrons. The third kappa shape index (κ3) is 6.12. The van der Waals surface area contributed by atoms with Gasteiger partial charge in [0.15, 0.2) is 0 Å². The quantitative estimate of drug-likeness (QED) is 0.783. The Bertz CT molecular complexity index is 507. The van der Waals surface area contributed by atoms with E-state index in [0.717, 1.165) is 24.0 Å². The van der Waals surface area contributed by atoms with Crippen LogP contribution >= 0.6 is 11.3 Å². The molecule has 0 atom stereocenters. The lowest BCUT2D eigenvalue weighted by Crippen LogP contribution is -2.36. The number of rotatable bonds is 7. The molecule has 0 fully saturated rings. The highest BCUT2D eigenvalue weighted by Gasteiger charge is 2.19. The van der Waals surface area contributed by atoms with Gasteiger partial charge in [0, 0.05) is 29.4 Å². The van der Waals surface area contributed by atoms with Crippen molar-refractivity contribution in [1.29, 1.82) is 0 Å². The molecule has 0 saturated heterocycles. The molecule has 5 heteroatoms. The molecule has 4 nitrogen and oxygen atoms in total. The van der Waals surface area contributed by atoms with E-state index in [1.807, 2.05) is 4.90 Å². The Morgan fingerprint density at radius 3 is 2.29 bits per heavy atom. The van der Waals surface area contributed by atoms with Gasteiger partial charge in [0.2, 0.25) is 0 Å². The van der Waals surface area contributed by atoms with Crippen molar-refractivity contribution in [3.8, 4) is 0 Å². The summed E-state index contributed by atoms with van der Waals surface area (Å²) in [6.45, 7) is 9.83. The third-order valence-corrected chi connectivity index (χ3v) is 3.61. The molecule has 1 N–H and O–H groups in total. The van der Waals surface area contributed by atoms with Gasteiger partial charge in [0.25, 0.3) is 5.91 Å². The Morgan fingerprint density at radius 1 is 1.24 bits per heavy atom. The minimum absolute atomic E-state index is 0.0172. The van der Waals surface area contributed by atoms with Crippen LogP contribution < -0.4 is 0 Å². The second-order valence-corrected chi connectivity index (χ2v) is 6.85. The van der Waals surface area contributed by atoms with Gasteiger partial charge in [-0.2, -0.15) is 0 Å². The van der Waals surface area contributed by atoms with E-state index < -0.39 is 5.97 Å². The molecule has 0 saturated carbocycles. The lowest BCUT2D eigenvalue weighted by Gasteiger charge is -2.26. The van der Waals surface area contributed by atoms with Crippen LogP contribution in [0.5, 0.6) is 0 Å². The number of aliphatic carboxylic acids is 1. The predicted octanol–water partition coefficient (Wildman–Crippen LogP) is 3.60. The van der Waals surface area contributed by atoms with E-state index in [2.05, 4.69) is 27.7 Å². The van der Waals surface area contributed by atoms with Gasteiger partial charge in [0.05, 0.1) is 5.56 Å². The first-order chi connectivity index (χ1) is 9.79. The van der Waals surface area contributed by atoms with Crippen LogP contribution in [0.25, 0.3) is 6.08 Å². The van der Waals surface area contributed by atoms with Gasteiger partial charge in [-0.25, -0.2) is 4.79 Å². The number of amides is 1.